The SMILES string of the molecule is O=C(Nc1nccc(Cl)n1)c1cnc(Cl)cn1. The van der Waals surface area contributed by atoms with Crippen LogP contribution < -0.4 is 5.32 Å². The lowest BCUT2D eigenvalue weighted by atomic mass is 10.4. The molecule has 0 fully saturated rings. The first-order valence-corrected chi connectivity index (χ1v) is 5.18. The van der Waals surface area contributed by atoms with Gasteiger partial charge in [0, 0.05) is 6.20 Å². The van der Waals surface area contributed by atoms with E-state index in [9.17, 15) is 4.79 Å². The van der Waals surface area contributed by atoms with Crippen molar-refractivity contribution in [2.24, 2.45) is 0 Å². The molecule has 0 saturated carbocycles. The molecule has 2 rings (SSSR count). The Bertz CT molecular complexity index is 545. The number of nitrogens with one attached hydrogen (secondary N) is 1. The topological polar surface area (TPSA) is 80.7 Å². The lowest BCUT2D eigenvalue weighted by Gasteiger charge is -2.02. The average molecular weight is 270 g/mol. The number of hydrogen-bond donors (Lipinski definition) is 1. The lowest BCUT2D eigenvalue weighted by Crippen LogP contribution is -2.15. The van der Waals surface area contributed by atoms with Gasteiger partial charge in [0.05, 0.1) is 12.4 Å². The number of amides is 1. The highest BCUT2D eigenvalue weighted by atomic mass is 35.5. The van der Waals surface area contributed by atoms with Crippen LogP contribution in [0.15, 0.2) is 24.7 Å². The molecule has 17 heavy (non-hydrogen) atoms. The first-order chi connectivity index (χ1) is 8.15. The van der Waals surface area contributed by atoms with Crippen LogP contribution in [0.5, 0.6) is 0 Å². The Kier molecular flexibility index (Phi) is 3.46. The molecule has 0 bridgehead atoms. The van der Waals surface area contributed by atoms with Gasteiger partial charge < -0.3 is 0 Å². The van der Waals surface area contributed by atoms with E-state index < -0.39 is 5.91 Å². The minimum absolute atomic E-state index is 0.0965. The molecule has 2 heterocycles. The summed E-state index contributed by atoms with van der Waals surface area (Å²) in [6.45, 7) is 0. The van der Waals surface area contributed by atoms with E-state index in [1.54, 1.807) is 0 Å². The van der Waals surface area contributed by atoms with Crippen LogP contribution in [-0.2, 0) is 0 Å². The van der Waals surface area contributed by atoms with E-state index in [1.165, 1.54) is 24.7 Å². The smallest absolute Gasteiger partial charge is 0.278 e. The molecular formula is C9H5Cl2N5O. The normalized spacial score (nSPS) is 10.0. The van der Waals surface area contributed by atoms with Gasteiger partial charge in [0.1, 0.15) is 16.0 Å². The molecule has 0 aliphatic carbocycles. The summed E-state index contributed by atoms with van der Waals surface area (Å²) in [5, 5.41) is 2.87. The van der Waals surface area contributed by atoms with Crippen molar-refractivity contribution >= 4 is 35.1 Å². The van der Waals surface area contributed by atoms with Gasteiger partial charge in [-0.2, -0.15) is 0 Å². The van der Waals surface area contributed by atoms with Gasteiger partial charge in [-0.3, -0.25) is 10.1 Å². The second-order valence-electron chi connectivity index (χ2n) is 2.88. The Hall–Kier alpha value is -1.79. The van der Waals surface area contributed by atoms with E-state index in [1.807, 2.05) is 0 Å². The largest absolute Gasteiger partial charge is 0.289 e. The zero-order valence-electron chi connectivity index (χ0n) is 8.26. The molecule has 0 aliphatic heterocycles. The fraction of sp³-hybridized carbons (Fsp3) is 0. The van der Waals surface area contributed by atoms with Crippen LogP contribution in [0.4, 0.5) is 5.95 Å². The number of carbonyl (C=O) groups excluding carboxylic acids is 1. The quantitative estimate of drug-likeness (QED) is 0.842. The summed E-state index contributed by atoms with van der Waals surface area (Å²) in [7, 11) is 0. The number of anilines is 1. The van der Waals surface area contributed by atoms with Crippen LogP contribution in [0, 0.1) is 0 Å². The number of halogens is 2. The first kappa shape index (κ1) is 11.7. The summed E-state index contributed by atoms with van der Waals surface area (Å²) in [6, 6.07) is 1.50. The number of rotatable bonds is 2. The number of aromatic nitrogens is 4. The third kappa shape index (κ3) is 3.08. The molecule has 86 valence electrons. The van der Waals surface area contributed by atoms with Crippen LogP contribution in [0.25, 0.3) is 0 Å². The predicted molar refractivity (Wildman–Crippen MR) is 62.0 cm³/mol. The molecule has 2 aromatic heterocycles. The van der Waals surface area contributed by atoms with Crippen LogP contribution in [0.2, 0.25) is 10.3 Å². The molecule has 0 radical (unpaired) electrons. The highest BCUT2D eigenvalue weighted by Gasteiger charge is 2.09. The van der Waals surface area contributed by atoms with Gasteiger partial charge in [0.2, 0.25) is 5.95 Å². The second kappa shape index (κ2) is 5.03. The summed E-state index contributed by atoms with van der Waals surface area (Å²) in [5.74, 6) is -0.393. The van der Waals surface area contributed by atoms with Crippen molar-refractivity contribution in [3.05, 3.63) is 40.7 Å². The van der Waals surface area contributed by atoms with Crippen LogP contribution in [0.1, 0.15) is 10.5 Å². The van der Waals surface area contributed by atoms with Gasteiger partial charge in [-0.15, -0.1) is 0 Å². The standard InChI is InChI=1S/C9H5Cl2N5O/c10-6-1-2-12-9(15-6)16-8(17)5-3-14-7(11)4-13-5/h1-4H,(H,12,15,16,17). The Morgan fingerprint density at radius 2 is 1.94 bits per heavy atom. The minimum atomic E-state index is -0.489. The van der Waals surface area contributed by atoms with E-state index in [0.717, 1.165) is 0 Å². The Labute approximate surface area is 106 Å². The zero-order chi connectivity index (χ0) is 12.3. The fourth-order valence-corrected chi connectivity index (χ4v) is 1.23. The molecule has 1 amide bonds. The maximum absolute atomic E-state index is 11.7. The summed E-state index contributed by atoms with van der Waals surface area (Å²) < 4.78 is 0. The van der Waals surface area contributed by atoms with Crippen molar-refractivity contribution in [1.82, 2.24) is 19.9 Å². The molecule has 0 spiro atoms. The number of hydrogen-bond acceptors (Lipinski definition) is 5. The van der Waals surface area contributed by atoms with Crippen molar-refractivity contribution in [2.75, 3.05) is 5.32 Å². The maximum Gasteiger partial charge on any atom is 0.278 e. The number of nitrogens with zero attached hydrogens (tertiary/aromatic N) is 4. The third-order valence-corrected chi connectivity index (χ3v) is 2.11. The van der Waals surface area contributed by atoms with Crippen molar-refractivity contribution < 1.29 is 4.79 Å². The molecule has 0 unspecified atom stereocenters. The van der Waals surface area contributed by atoms with E-state index in [-0.39, 0.29) is 21.9 Å². The Morgan fingerprint density at radius 1 is 1.12 bits per heavy atom. The van der Waals surface area contributed by atoms with E-state index >= 15 is 0 Å². The average Bonchev–Trinajstić information content (AvgIpc) is 2.29. The molecule has 0 atom stereocenters. The van der Waals surface area contributed by atoms with Crippen molar-refractivity contribution in [3.63, 3.8) is 0 Å². The monoisotopic (exact) mass is 269 g/mol. The van der Waals surface area contributed by atoms with Crippen molar-refractivity contribution in [3.8, 4) is 0 Å². The summed E-state index contributed by atoms with van der Waals surface area (Å²) in [5.41, 5.74) is 0.109. The number of carbonyl (C=O) groups is 1. The highest BCUT2D eigenvalue weighted by Crippen LogP contribution is 2.07. The molecule has 8 heteroatoms. The first-order valence-electron chi connectivity index (χ1n) is 4.42. The van der Waals surface area contributed by atoms with Gasteiger partial charge in [0.25, 0.3) is 5.91 Å². The van der Waals surface area contributed by atoms with Crippen LogP contribution in [0.3, 0.4) is 0 Å². The van der Waals surface area contributed by atoms with Crippen LogP contribution >= 0.6 is 23.2 Å². The molecule has 0 saturated heterocycles. The zero-order valence-corrected chi connectivity index (χ0v) is 9.77. The Balaban J connectivity index is 2.14. The summed E-state index contributed by atoms with van der Waals surface area (Å²) in [6.07, 6.45) is 3.95. The third-order valence-electron chi connectivity index (χ3n) is 1.70. The second-order valence-corrected chi connectivity index (χ2v) is 3.66. The molecule has 6 nitrogen and oxygen atoms in total. The lowest BCUT2D eigenvalue weighted by molar-refractivity contribution is 0.102. The molecule has 2 aromatic rings. The summed E-state index contributed by atoms with van der Waals surface area (Å²) in [4.78, 5) is 26.8. The van der Waals surface area contributed by atoms with Crippen molar-refractivity contribution in [2.45, 2.75) is 0 Å². The van der Waals surface area contributed by atoms with Crippen LogP contribution in [-0.4, -0.2) is 25.8 Å². The van der Waals surface area contributed by atoms with Gasteiger partial charge in [-0.05, 0) is 6.07 Å². The molecular weight excluding hydrogens is 265 g/mol. The molecule has 0 aliphatic rings. The Morgan fingerprint density at radius 3 is 2.59 bits per heavy atom. The molecule has 1 N–H and O–H groups in total. The van der Waals surface area contributed by atoms with Gasteiger partial charge >= 0.3 is 0 Å². The predicted octanol–water partition coefficient (Wildman–Crippen LogP) is 1.83. The van der Waals surface area contributed by atoms with E-state index in [2.05, 4.69) is 25.3 Å². The van der Waals surface area contributed by atoms with E-state index in [0.29, 0.717) is 0 Å². The highest BCUT2D eigenvalue weighted by molar-refractivity contribution is 6.29. The maximum atomic E-state index is 11.7. The summed E-state index contributed by atoms with van der Waals surface area (Å²) >= 11 is 11.2. The molecule has 0 aromatic carbocycles. The van der Waals surface area contributed by atoms with Gasteiger partial charge in [0.15, 0.2) is 0 Å². The fourth-order valence-electron chi connectivity index (χ4n) is 0.992. The minimum Gasteiger partial charge on any atom is -0.289 e. The van der Waals surface area contributed by atoms with Gasteiger partial charge in [-0.1, -0.05) is 23.2 Å². The van der Waals surface area contributed by atoms with Gasteiger partial charge in [-0.25, -0.2) is 19.9 Å². The van der Waals surface area contributed by atoms with Crippen molar-refractivity contribution in [1.29, 1.82) is 0 Å². The van der Waals surface area contributed by atoms with E-state index in [4.69, 9.17) is 23.2 Å².